The fourth-order valence-electron chi connectivity index (χ4n) is 0.800. The van der Waals surface area contributed by atoms with Crippen LogP contribution in [-0.2, 0) is 4.74 Å². The molecule has 0 fully saturated rings. The van der Waals surface area contributed by atoms with Gasteiger partial charge in [-0.05, 0) is 6.92 Å². The van der Waals surface area contributed by atoms with Crippen molar-refractivity contribution in [3.05, 3.63) is 28.3 Å². The molecule has 4 heteroatoms. The molecule has 1 rings (SSSR count). The Kier molecular flexibility index (Phi) is 2.50. The van der Waals surface area contributed by atoms with Crippen molar-refractivity contribution in [1.29, 1.82) is 0 Å². The Morgan fingerprint density at radius 3 is 2.75 bits per heavy atom. The van der Waals surface area contributed by atoms with Crippen LogP contribution in [-0.4, -0.2) is 12.2 Å². The second kappa shape index (κ2) is 3.40. The van der Waals surface area contributed by atoms with Crippen LogP contribution in [0.3, 0.4) is 0 Å². The number of hydrogen-bond donors (Lipinski definition) is 1. The van der Waals surface area contributed by atoms with Crippen LogP contribution in [0.4, 0.5) is 0 Å². The predicted molar refractivity (Wildman–Crippen MR) is 42.1 cm³/mol. The molecule has 0 aliphatic carbocycles. The Morgan fingerprint density at radius 1 is 1.58 bits per heavy atom. The molecule has 12 heavy (non-hydrogen) atoms. The highest BCUT2D eigenvalue weighted by Gasteiger charge is 2.08. The summed E-state index contributed by atoms with van der Waals surface area (Å²) >= 11 is 0. The first-order valence-electron chi connectivity index (χ1n) is 3.50. The van der Waals surface area contributed by atoms with Gasteiger partial charge in [-0.1, -0.05) is 0 Å². The van der Waals surface area contributed by atoms with Crippen LogP contribution in [0, 0.1) is 0 Å². The van der Waals surface area contributed by atoms with E-state index in [2.05, 4.69) is 0 Å². The van der Waals surface area contributed by atoms with Crippen molar-refractivity contribution in [3.63, 3.8) is 0 Å². The number of methoxy groups -OCH3 is 1. The van der Waals surface area contributed by atoms with E-state index in [-0.39, 0.29) is 11.9 Å². The van der Waals surface area contributed by atoms with Crippen LogP contribution in [0.1, 0.15) is 18.8 Å². The fourth-order valence-corrected chi connectivity index (χ4v) is 0.800. The summed E-state index contributed by atoms with van der Waals surface area (Å²) in [4.78, 5) is 10.7. The van der Waals surface area contributed by atoms with Gasteiger partial charge in [0.1, 0.15) is 17.6 Å². The Hall–Kier alpha value is -1.29. The molecule has 0 aliphatic heterocycles. The molecule has 1 atom stereocenters. The van der Waals surface area contributed by atoms with Crippen LogP contribution in [0.25, 0.3) is 0 Å². The Morgan fingerprint density at radius 2 is 2.25 bits per heavy atom. The van der Waals surface area contributed by atoms with Gasteiger partial charge in [0.15, 0.2) is 0 Å². The lowest BCUT2D eigenvalue weighted by Gasteiger charge is -2.06. The lowest BCUT2D eigenvalue weighted by Crippen LogP contribution is -2.03. The normalized spacial score (nSPS) is 12.8. The summed E-state index contributed by atoms with van der Waals surface area (Å²) in [7, 11) is 1.49. The molecule has 0 amide bonds. The topological polar surface area (TPSA) is 59.7 Å². The maximum absolute atomic E-state index is 10.7. The maximum atomic E-state index is 10.7. The van der Waals surface area contributed by atoms with Crippen molar-refractivity contribution < 1.29 is 14.3 Å². The van der Waals surface area contributed by atoms with E-state index in [1.807, 2.05) is 0 Å². The minimum Gasteiger partial charge on any atom is -0.508 e. The Balaban J connectivity index is 3.08. The van der Waals surface area contributed by atoms with E-state index in [4.69, 9.17) is 14.3 Å². The van der Waals surface area contributed by atoms with E-state index in [0.29, 0.717) is 5.76 Å². The predicted octanol–water partition coefficient (Wildman–Crippen LogP) is 1.05. The summed E-state index contributed by atoms with van der Waals surface area (Å²) in [6.45, 7) is 1.72. The zero-order valence-corrected chi connectivity index (χ0v) is 6.90. The third-order valence-electron chi connectivity index (χ3n) is 1.53. The zero-order valence-electron chi connectivity index (χ0n) is 6.90. The third kappa shape index (κ3) is 1.85. The van der Waals surface area contributed by atoms with Gasteiger partial charge < -0.3 is 14.3 Å². The van der Waals surface area contributed by atoms with Crippen molar-refractivity contribution in [2.24, 2.45) is 0 Å². The van der Waals surface area contributed by atoms with Crippen LogP contribution in [0.2, 0.25) is 0 Å². The molecule has 1 aromatic rings. The molecule has 1 N–H and O–H groups in total. The van der Waals surface area contributed by atoms with Crippen molar-refractivity contribution in [3.8, 4) is 5.75 Å². The lowest BCUT2D eigenvalue weighted by molar-refractivity contribution is 0.0958. The van der Waals surface area contributed by atoms with E-state index in [1.54, 1.807) is 6.92 Å². The van der Waals surface area contributed by atoms with Gasteiger partial charge in [0.2, 0.25) is 0 Å². The minimum absolute atomic E-state index is 0.106. The average Bonchev–Trinajstić information content (AvgIpc) is 2.01. The van der Waals surface area contributed by atoms with E-state index in [1.165, 1.54) is 13.2 Å². The number of rotatable bonds is 2. The van der Waals surface area contributed by atoms with E-state index >= 15 is 0 Å². The quantitative estimate of drug-likeness (QED) is 0.720. The molecule has 0 saturated heterocycles. The average molecular weight is 170 g/mol. The number of hydrogen-bond acceptors (Lipinski definition) is 4. The Labute approximate surface area is 69.4 Å². The first-order chi connectivity index (χ1) is 5.63. The van der Waals surface area contributed by atoms with E-state index in [0.717, 1.165) is 6.07 Å². The van der Waals surface area contributed by atoms with Gasteiger partial charge in [0.25, 0.3) is 0 Å². The van der Waals surface area contributed by atoms with Crippen LogP contribution >= 0.6 is 0 Å². The largest absolute Gasteiger partial charge is 0.508 e. The highest BCUT2D eigenvalue weighted by molar-refractivity contribution is 5.19. The summed E-state index contributed by atoms with van der Waals surface area (Å²) in [6, 6.07) is 2.36. The van der Waals surface area contributed by atoms with Crippen molar-refractivity contribution in [2.45, 2.75) is 13.0 Å². The molecule has 1 aromatic heterocycles. The number of ether oxygens (including phenoxy) is 1. The molecule has 0 aromatic carbocycles. The SMILES string of the molecule is COC(C)c1cc(O)cc(=O)o1. The molecular weight excluding hydrogens is 160 g/mol. The Bertz CT molecular complexity index is 315. The highest BCUT2D eigenvalue weighted by atomic mass is 16.5. The van der Waals surface area contributed by atoms with Gasteiger partial charge in [-0.2, -0.15) is 0 Å². The molecule has 1 unspecified atom stereocenters. The van der Waals surface area contributed by atoms with Gasteiger partial charge in [0, 0.05) is 13.2 Å². The first kappa shape index (κ1) is 8.80. The van der Waals surface area contributed by atoms with Gasteiger partial charge in [-0.3, -0.25) is 0 Å². The van der Waals surface area contributed by atoms with Gasteiger partial charge in [-0.15, -0.1) is 0 Å². The van der Waals surface area contributed by atoms with Gasteiger partial charge >= 0.3 is 5.63 Å². The lowest BCUT2D eigenvalue weighted by atomic mass is 10.3. The molecule has 0 aliphatic rings. The standard InChI is InChI=1S/C8H10O4/c1-5(11-2)7-3-6(9)4-8(10)12-7/h3-5,9H,1-2H3. The summed E-state index contributed by atoms with van der Waals surface area (Å²) in [5.41, 5.74) is -0.575. The summed E-state index contributed by atoms with van der Waals surface area (Å²) in [5, 5.41) is 9.02. The van der Waals surface area contributed by atoms with Gasteiger partial charge in [0.05, 0.1) is 6.07 Å². The number of aromatic hydroxyl groups is 1. The molecule has 1 heterocycles. The summed E-state index contributed by atoms with van der Waals surface area (Å²) in [6.07, 6.45) is -0.329. The van der Waals surface area contributed by atoms with Crippen LogP contribution in [0.5, 0.6) is 5.75 Å². The van der Waals surface area contributed by atoms with Gasteiger partial charge in [-0.25, -0.2) is 4.79 Å². The van der Waals surface area contributed by atoms with E-state index < -0.39 is 5.63 Å². The second-order valence-corrected chi connectivity index (χ2v) is 2.41. The summed E-state index contributed by atoms with van der Waals surface area (Å²) < 4.78 is 9.67. The van der Waals surface area contributed by atoms with E-state index in [9.17, 15) is 4.79 Å². The molecule has 4 nitrogen and oxygen atoms in total. The van der Waals surface area contributed by atoms with Crippen LogP contribution in [0.15, 0.2) is 21.3 Å². The van der Waals surface area contributed by atoms with Crippen molar-refractivity contribution >= 4 is 0 Å². The van der Waals surface area contributed by atoms with Crippen molar-refractivity contribution in [2.75, 3.05) is 7.11 Å². The van der Waals surface area contributed by atoms with Crippen molar-refractivity contribution in [1.82, 2.24) is 0 Å². The monoisotopic (exact) mass is 170 g/mol. The molecular formula is C8H10O4. The molecule has 0 radical (unpaired) electrons. The smallest absolute Gasteiger partial charge is 0.339 e. The first-order valence-corrected chi connectivity index (χ1v) is 3.50. The molecule has 0 bridgehead atoms. The molecule has 0 spiro atoms. The summed E-state index contributed by atoms with van der Waals surface area (Å²) in [5.74, 6) is 0.215. The second-order valence-electron chi connectivity index (χ2n) is 2.41. The molecule has 0 saturated carbocycles. The maximum Gasteiger partial charge on any atom is 0.339 e. The minimum atomic E-state index is -0.575. The zero-order chi connectivity index (χ0) is 9.14. The highest BCUT2D eigenvalue weighted by Crippen LogP contribution is 2.17. The third-order valence-corrected chi connectivity index (χ3v) is 1.53. The fraction of sp³-hybridized carbons (Fsp3) is 0.375. The molecule has 66 valence electrons. The van der Waals surface area contributed by atoms with Crippen LogP contribution < -0.4 is 5.63 Å².